The third-order valence-electron chi connectivity index (χ3n) is 1.11. The Morgan fingerprint density at radius 3 is 2.70 bits per heavy atom. The second-order valence-corrected chi connectivity index (χ2v) is 1.81. The highest BCUT2D eigenvalue weighted by Crippen LogP contribution is 2.18. The van der Waals surface area contributed by atoms with Crippen LogP contribution in [0.3, 0.4) is 0 Å². The standard InChI is InChI=1S/C6H7FN2O/c7-5-3-4(9-8)1-2-6(5)10/h1-3,9-10H,8H2. The van der Waals surface area contributed by atoms with Gasteiger partial charge in [0, 0.05) is 6.07 Å². The minimum atomic E-state index is -0.685. The van der Waals surface area contributed by atoms with Gasteiger partial charge in [-0.15, -0.1) is 0 Å². The zero-order valence-corrected chi connectivity index (χ0v) is 5.13. The van der Waals surface area contributed by atoms with E-state index in [1.807, 2.05) is 0 Å². The number of hydrogen-bond acceptors (Lipinski definition) is 3. The lowest BCUT2D eigenvalue weighted by Crippen LogP contribution is -2.06. The Bertz CT molecular complexity index is 239. The quantitative estimate of drug-likeness (QED) is 0.309. The molecule has 0 atom stereocenters. The summed E-state index contributed by atoms with van der Waals surface area (Å²) in [4.78, 5) is 0. The van der Waals surface area contributed by atoms with Gasteiger partial charge in [-0.25, -0.2) is 4.39 Å². The molecule has 0 aliphatic rings. The van der Waals surface area contributed by atoms with E-state index in [1.165, 1.54) is 12.1 Å². The molecule has 54 valence electrons. The summed E-state index contributed by atoms with van der Waals surface area (Å²) in [5, 5.41) is 8.70. The average Bonchev–Trinajstić information content (AvgIpc) is 1.95. The number of phenols is 1. The largest absolute Gasteiger partial charge is 0.505 e. The van der Waals surface area contributed by atoms with Gasteiger partial charge >= 0.3 is 0 Å². The van der Waals surface area contributed by atoms with Gasteiger partial charge < -0.3 is 10.5 Å². The fraction of sp³-hybridized carbons (Fsp3) is 0. The van der Waals surface area contributed by atoms with E-state index in [2.05, 4.69) is 5.43 Å². The Kier molecular flexibility index (Phi) is 1.73. The molecule has 0 radical (unpaired) electrons. The highest BCUT2D eigenvalue weighted by molar-refractivity contribution is 5.45. The van der Waals surface area contributed by atoms with Gasteiger partial charge in [-0.05, 0) is 12.1 Å². The zero-order valence-electron chi connectivity index (χ0n) is 5.13. The van der Waals surface area contributed by atoms with E-state index in [-0.39, 0.29) is 5.75 Å². The topological polar surface area (TPSA) is 58.3 Å². The summed E-state index contributed by atoms with van der Waals surface area (Å²) >= 11 is 0. The predicted octanol–water partition coefficient (Wildman–Crippen LogP) is 0.817. The fourth-order valence-corrected chi connectivity index (χ4v) is 0.597. The normalized spacial score (nSPS) is 9.40. The highest BCUT2D eigenvalue weighted by Gasteiger charge is 1.98. The van der Waals surface area contributed by atoms with Crippen LogP contribution in [-0.2, 0) is 0 Å². The van der Waals surface area contributed by atoms with Crippen molar-refractivity contribution in [3.8, 4) is 5.75 Å². The summed E-state index contributed by atoms with van der Waals surface area (Å²) in [6, 6.07) is 3.80. The Labute approximate surface area is 57.3 Å². The Balaban J connectivity index is 3.04. The van der Waals surface area contributed by atoms with Crippen molar-refractivity contribution in [2.75, 3.05) is 5.43 Å². The molecule has 10 heavy (non-hydrogen) atoms. The van der Waals surface area contributed by atoms with Crippen LogP contribution in [0.5, 0.6) is 5.75 Å². The molecular formula is C6H7FN2O. The van der Waals surface area contributed by atoms with Crippen molar-refractivity contribution in [2.45, 2.75) is 0 Å². The Hall–Kier alpha value is -1.29. The number of benzene rings is 1. The molecule has 0 amide bonds. The number of hydrazine groups is 1. The maximum atomic E-state index is 12.4. The predicted molar refractivity (Wildman–Crippen MR) is 35.9 cm³/mol. The number of halogens is 1. The van der Waals surface area contributed by atoms with E-state index in [0.29, 0.717) is 5.69 Å². The monoisotopic (exact) mass is 142 g/mol. The number of nitrogens with one attached hydrogen (secondary N) is 1. The minimum Gasteiger partial charge on any atom is -0.505 e. The first kappa shape index (κ1) is 6.82. The van der Waals surface area contributed by atoms with Crippen molar-refractivity contribution in [3.63, 3.8) is 0 Å². The fourth-order valence-electron chi connectivity index (χ4n) is 0.597. The van der Waals surface area contributed by atoms with Crippen LogP contribution in [0.15, 0.2) is 18.2 Å². The summed E-state index contributed by atoms with van der Waals surface area (Å²) in [6.07, 6.45) is 0. The molecule has 0 aliphatic heterocycles. The first-order valence-corrected chi connectivity index (χ1v) is 2.69. The van der Waals surface area contributed by atoms with Crippen LogP contribution in [0.25, 0.3) is 0 Å². The van der Waals surface area contributed by atoms with Crippen LogP contribution in [0.4, 0.5) is 10.1 Å². The van der Waals surface area contributed by atoms with E-state index in [0.717, 1.165) is 6.07 Å². The van der Waals surface area contributed by atoms with E-state index in [1.54, 1.807) is 0 Å². The van der Waals surface area contributed by atoms with Crippen LogP contribution >= 0.6 is 0 Å². The van der Waals surface area contributed by atoms with Crippen molar-refractivity contribution in [1.29, 1.82) is 0 Å². The molecule has 4 N–H and O–H groups in total. The van der Waals surface area contributed by atoms with Crippen molar-refractivity contribution in [1.82, 2.24) is 0 Å². The van der Waals surface area contributed by atoms with Gasteiger partial charge in [0.25, 0.3) is 0 Å². The second kappa shape index (κ2) is 2.53. The number of hydrogen-bond donors (Lipinski definition) is 3. The van der Waals surface area contributed by atoms with Crippen molar-refractivity contribution >= 4 is 5.69 Å². The summed E-state index contributed by atoms with van der Waals surface area (Å²) in [5.74, 6) is 3.91. The first-order valence-electron chi connectivity index (χ1n) is 2.69. The van der Waals surface area contributed by atoms with Crippen LogP contribution in [0.2, 0.25) is 0 Å². The molecule has 0 spiro atoms. The maximum Gasteiger partial charge on any atom is 0.166 e. The smallest absolute Gasteiger partial charge is 0.166 e. The number of nitrogens with two attached hydrogens (primary N) is 1. The highest BCUT2D eigenvalue weighted by atomic mass is 19.1. The van der Waals surface area contributed by atoms with Gasteiger partial charge in [-0.1, -0.05) is 0 Å². The summed E-state index contributed by atoms with van der Waals surface area (Å²) in [5.41, 5.74) is 2.67. The van der Waals surface area contributed by atoms with Gasteiger partial charge in [0.1, 0.15) is 0 Å². The lowest BCUT2D eigenvalue weighted by molar-refractivity contribution is 0.432. The average molecular weight is 142 g/mol. The SMILES string of the molecule is NNc1ccc(O)c(F)c1. The third kappa shape index (κ3) is 1.16. The number of nitrogen functional groups attached to an aromatic ring is 1. The molecule has 3 nitrogen and oxygen atoms in total. The number of aromatic hydroxyl groups is 1. The van der Waals surface area contributed by atoms with Gasteiger partial charge in [0.05, 0.1) is 5.69 Å². The number of anilines is 1. The second-order valence-electron chi connectivity index (χ2n) is 1.81. The van der Waals surface area contributed by atoms with E-state index in [4.69, 9.17) is 10.9 Å². The molecule has 0 fully saturated rings. The van der Waals surface area contributed by atoms with Gasteiger partial charge in [-0.2, -0.15) is 0 Å². The van der Waals surface area contributed by atoms with E-state index in [9.17, 15) is 4.39 Å². The Morgan fingerprint density at radius 1 is 1.50 bits per heavy atom. The molecule has 0 bridgehead atoms. The van der Waals surface area contributed by atoms with Crippen molar-refractivity contribution in [3.05, 3.63) is 24.0 Å². The lowest BCUT2D eigenvalue weighted by atomic mass is 10.3. The van der Waals surface area contributed by atoms with Gasteiger partial charge in [-0.3, -0.25) is 5.84 Å². The minimum absolute atomic E-state index is 0.376. The molecule has 0 aromatic heterocycles. The van der Waals surface area contributed by atoms with Crippen LogP contribution < -0.4 is 11.3 Å². The summed E-state index contributed by atoms with van der Waals surface area (Å²) in [6.45, 7) is 0. The Morgan fingerprint density at radius 2 is 2.20 bits per heavy atom. The molecule has 0 heterocycles. The molecule has 4 heteroatoms. The lowest BCUT2D eigenvalue weighted by Gasteiger charge is -1.99. The molecule has 0 saturated carbocycles. The van der Waals surface area contributed by atoms with Crippen LogP contribution in [0, 0.1) is 5.82 Å². The van der Waals surface area contributed by atoms with Gasteiger partial charge in [0.15, 0.2) is 11.6 Å². The number of phenolic OH excluding ortho intramolecular Hbond substituents is 1. The molecule has 1 rings (SSSR count). The first-order chi connectivity index (χ1) is 4.74. The molecular weight excluding hydrogens is 135 g/mol. The summed E-state index contributed by atoms with van der Waals surface area (Å²) in [7, 11) is 0. The third-order valence-corrected chi connectivity index (χ3v) is 1.11. The molecule has 0 saturated heterocycles. The number of rotatable bonds is 1. The molecule has 0 unspecified atom stereocenters. The maximum absolute atomic E-state index is 12.4. The van der Waals surface area contributed by atoms with Crippen molar-refractivity contribution in [2.24, 2.45) is 5.84 Å². The van der Waals surface area contributed by atoms with Gasteiger partial charge in [0.2, 0.25) is 0 Å². The van der Waals surface area contributed by atoms with Crippen molar-refractivity contribution < 1.29 is 9.50 Å². The zero-order chi connectivity index (χ0) is 7.56. The van der Waals surface area contributed by atoms with E-state index >= 15 is 0 Å². The molecule has 1 aromatic carbocycles. The van der Waals surface area contributed by atoms with Crippen LogP contribution in [-0.4, -0.2) is 5.11 Å². The molecule has 0 aliphatic carbocycles. The summed E-state index contributed by atoms with van der Waals surface area (Å²) < 4.78 is 12.4. The molecule has 1 aromatic rings. The van der Waals surface area contributed by atoms with E-state index < -0.39 is 5.82 Å². The van der Waals surface area contributed by atoms with Crippen LogP contribution in [0.1, 0.15) is 0 Å².